The maximum absolute atomic E-state index is 12.7. The molecular formula is C29H48O2. The zero-order chi connectivity index (χ0) is 22.4. The van der Waals surface area contributed by atoms with Gasteiger partial charge in [0.05, 0.1) is 0 Å². The molecule has 0 saturated heterocycles. The Morgan fingerprint density at radius 2 is 1.42 bits per heavy atom. The number of Topliss-reactive ketones (excluding diaryl/α,β-unsaturated/α-hetero) is 1. The van der Waals surface area contributed by atoms with Crippen LogP contribution in [0, 0.1) is 56.7 Å². The third-order valence-corrected chi connectivity index (χ3v) is 13.0. The van der Waals surface area contributed by atoms with Crippen LogP contribution in [0.25, 0.3) is 0 Å². The molecule has 0 bridgehead atoms. The summed E-state index contributed by atoms with van der Waals surface area (Å²) >= 11 is 0. The van der Waals surface area contributed by atoms with E-state index in [0.29, 0.717) is 40.5 Å². The summed E-state index contributed by atoms with van der Waals surface area (Å²) in [4.78, 5) is 12.7. The molecule has 5 aliphatic rings. The van der Waals surface area contributed by atoms with E-state index in [1.165, 1.54) is 57.8 Å². The van der Waals surface area contributed by atoms with Gasteiger partial charge in [0.15, 0.2) is 0 Å². The van der Waals surface area contributed by atoms with Crippen LogP contribution in [0.3, 0.4) is 0 Å². The van der Waals surface area contributed by atoms with Crippen LogP contribution in [0.15, 0.2) is 0 Å². The molecule has 176 valence electrons. The molecule has 0 radical (unpaired) electrons. The number of carbonyl (C=O) groups excluding carboxylic acids is 1. The van der Waals surface area contributed by atoms with Gasteiger partial charge in [-0.3, -0.25) is 4.79 Å². The van der Waals surface area contributed by atoms with Crippen LogP contribution in [0.2, 0.25) is 0 Å². The van der Waals surface area contributed by atoms with Crippen LogP contribution in [0.1, 0.15) is 112 Å². The van der Waals surface area contributed by atoms with Crippen LogP contribution in [-0.4, -0.2) is 17.5 Å². The summed E-state index contributed by atoms with van der Waals surface area (Å²) in [6, 6.07) is 0. The lowest BCUT2D eigenvalue weighted by Gasteiger charge is -2.71. The van der Waals surface area contributed by atoms with E-state index < -0.39 is 0 Å². The largest absolute Gasteiger partial charge is 0.396 e. The lowest BCUT2D eigenvalue weighted by atomic mass is 9.33. The maximum Gasteiger partial charge on any atom is 0.136 e. The average molecular weight is 429 g/mol. The molecule has 2 heteroatoms. The first-order valence-corrected chi connectivity index (χ1v) is 13.6. The summed E-state index contributed by atoms with van der Waals surface area (Å²) < 4.78 is 0. The van der Waals surface area contributed by atoms with E-state index in [9.17, 15) is 9.90 Å². The second-order valence-electron chi connectivity index (χ2n) is 14.5. The molecule has 2 nitrogen and oxygen atoms in total. The fourth-order valence-corrected chi connectivity index (χ4v) is 10.9. The van der Waals surface area contributed by atoms with Crippen molar-refractivity contribution < 1.29 is 9.90 Å². The van der Waals surface area contributed by atoms with Crippen molar-refractivity contribution in [1.29, 1.82) is 0 Å². The predicted molar refractivity (Wildman–Crippen MR) is 127 cm³/mol. The SMILES string of the molecule is CC1C(=O)CCC2C1(C)CCC1C3(C)CCC4(CO)CCC(C)(C)CC4C3CCC21C. The Labute approximate surface area is 191 Å². The van der Waals surface area contributed by atoms with Gasteiger partial charge < -0.3 is 5.11 Å². The van der Waals surface area contributed by atoms with Crippen molar-refractivity contribution in [2.45, 2.75) is 112 Å². The number of carbonyl (C=O) groups is 1. The number of hydrogen-bond acceptors (Lipinski definition) is 2. The summed E-state index contributed by atoms with van der Waals surface area (Å²) in [5.41, 5.74) is 1.63. The molecule has 31 heavy (non-hydrogen) atoms. The molecule has 9 unspecified atom stereocenters. The second kappa shape index (κ2) is 6.83. The summed E-state index contributed by atoms with van der Waals surface area (Å²) in [6.07, 6.45) is 13.6. The van der Waals surface area contributed by atoms with E-state index in [2.05, 4.69) is 41.5 Å². The van der Waals surface area contributed by atoms with E-state index in [0.717, 1.165) is 24.7 Å². The average Bonchev–Trinajstić information content (AvgIpc) is 2.70. The Morgan fingerprint density at radius 3 is 2.13 bits per heavy atom. The van der Waals surface area contributed by atoms with E-state index >= 15 is 0 Å². The third-order valence-electron chi connectivity index (χ3n) is 13.0. The highest BCUT2D eigenvalue weighted by Gasteiger charge is 2.67. The fraction of sp³-hybridized carbons (Fsp3) is 0.966. The van der Waals surface area contributed by atoms with Crippen molar-refractivity contribution in [3.05, 3.63) is 0 Å². The summed E-state index contributed by atoms with van der Waals surface area (Å²) in [5, 5.41) is 10.6. The molecule has 1 N–H and O–H groups in total. The number of rotatable bonds is 1. The van der Waals surface area contributed by atoms with Gasteiger partial charge in [0.1, 0.15) is 5.78 Å². The van der Waals surface area contributed by atoms with Crippen molar-refractivity contribution >= 4 is 5.78 Å². The topological polar surface area (TPSA) is 37.3 Å². The van der Waals surface area contributed by atoms with Crippen molar-refractivity contribution in [3.63, 3.8) is 0 Å². The fourth-order valence-electron chi connectivity index (χ4n) is 10.9. The summed E-state index contributed by atoms with van der Waals surface area (Å²) in [7, 11) is 0. The predicted octanol–water partition coefficient (Wildman–Crippen LogP) is 7.04. The van der Waals surface area contributed by atoms with Crippen LogP contribution in [0.5, 0.6) is 0 Å². The summed E-state index contributed by atoms with van der Waals surface area (Å²) in [6.45, 7) is 15.4. The molecule has 0 heterocycles. The lowest BCUT2D eigenvalue weighted by molar-refractivity contribution is -0.225. The zero-order valence-electron chi connectivity index (χ0n) is 21.2. The van der Waals surface area contributed by atoms with E-state index in [1.807, 2.05) is 0 Å². The molecule has 5 aliphatic carbocycles. The Balaban J connectivity index is 1.51. The first kappa shape index (κ1) is 22.4. The highest BCUT2D eigenvalue weighted by Crippen LogP contribution is 2.74. The number of aliphatic hydroxyl groups is 1. The minimum Gasteiger partial charge on any atom is -0.396 e. The van der Waals surface area contributed by atoms with Gasteiger partial charge >= 0.3 is 0 Å². The quantitative estimate of drug-likeness (QED) is 0.486. The van der Waals surface area contributed by atoms with Crippen molar-refractivity contribution in [2.24, 2.45) is 56.7 Å². The minimum absolute atomic E-state index is 0.197. The number of aliphatic hydroxyl groups excluding tert-OH is 1. The Kier molecular flexibility index (Phi) is 4.94. The molecule has 0 aromatic carbocycles. The van der Waals surface area contributed by atoms with Crippen molar-refractivity contribution in [1.82, 2.24) is 0 Å². The van der Waals surface area contributed by atoms with Crippen LogP contribution in [0.4, 0.5) is 0 Å². The molecule has 0 amide bonds. The van der Waals surface area contributed by atoms with Crippen LogP contribution < -0.4 is 0 Å². The van der Waals surface area contributed by atoms with E-state index in [4.69, 9.17) is 0 Å². The maximum atomic E-state index is 12.7. The molecule has 5 fully saturated rings. The molecule has 0 spiro atoms. The first-order chi connectivity index (χ1) is 14.4. The van der Waals surface area contributed by atoms with Crippen LogP contribution >= 0.6 is 0 Å². The van der Waals surface area contributed by atoms with Gasteiger partial charge in [-0.05, 0) is 115 Å². The van der Waals surface area contributed by atoms with Gasteiger partial charge in [-0.1, -0.05) is 41.5 Å². The Morgan fingerprint density at radius 1 is 0.774 bits per heavy atom. The normalized spacial score (nSPS) is 56.1. The standard InChI is InChI=1S/C29H48O2/c1-19-22(31)7-8-23-26(19,4)12-10-24-27(5)14-16-29(18-30)15-13-25(2,3)17-21(29)20(27)9-11-28(23,24)6/h19-21,23-24,30H,7-18H2,1-6H3. The molecule has 5 rings (SSSR count). The third kappa shape index (κ3) is 2.88. The first-order valence-electron chi connectivity index (χ1n) is 13.6. The monoisotopic (exact) mass is 428 g/mol. The molecule has 0 aromatic heterocycles. The molecular weight excluding hydrogens is 380 g/mol. The highest BCUT2D eigenvalue weighted by atomic mass is 16.3. The van der Waals surface area contributed by atoms with E-state index in [-0.39, 0.29) is 16.7 Å². The zero-order valence-corrected chi connectivity index (χ0v) is 21.2. The van der Waals surface area contributed by atoms with Gasteiger partial charge in [-0.15, -0.1) is 0 Å². The number of ketones is 1. The number of fused-ring (bicyclic) bond motifs is 7. The Bertz CT molecular complexity index is 756. The molecule has 9 atom stereocenters. The van der Waals surface area contributed by atoms with Gasteiger partial charge in [0, 0.05) is 18.9 Å². The van der Waals surface area contributed by atoms with Crippen LogP contribution in [-0.2, 0) is 4.79 Å². The Hall–Kier alpha value is -0.370. The number of hydrogen-bond donors (Lipinski definition) is 1. The van der Waals surface area contributed by atoms with Gasteiger partial charge in [-0.2, -0.15) is 0 Å². The van der Waals surface area contributed by atoms with Gasteiger partial charge in [0.25, 0.3) is 0 Å². The minimum atomic E-state index is 0.197. The highest BCUT2D eigenvalue weighted by molar-refractivity contribution is 5.82. The van der Waals surface area contributed by atoms with Crippen molar-refractivity contribution in [2.75, 3.05) is 6.61 Å². The van der Waals surface area contributed by atoms with E-state index in [1.54, 1.807) is 0 Å². The second-order valence-corrected chi connectivity index (χ2v) is 14.5. The molecule has 0 aliphatic heterocycles. The van der Waals surface area contributed by atoms with Gasteiger partial charge in [0.2, 0.25) is 0 Å². The molecule has 0 aromatic rings. The lowest BCUT2D eigenvalue weighted by Crippen LogP contribution is -2.64. The van der Waals surface area contributed by atoms with Crippen molar-refractivity contribution in [3.8, 4) is 0 Å². The smallest absolute Gasteiger partial charge is 0.136 e. The van der Waals surface area contributed by atoms with Gasteiger partial charge in [-0.25, -0.2) is 0 Å². The summed E-state index contributed by atoms with van der Waals surface area (Å²) in [5.74, 6) is 3.73. The molecule has 5 saturated carbocycles.